The second kappa shape index (κ2) is 4.38. The monoisotopic (exact) mass is 235 g/mol. The number of primary amides is 1. The molecule has 0 saturated carbocycles. The number of pyridine rings is 1. The summed E-state index contributed by atoms with van der Waals surface area (Å²) in [5.74, 6) is -0.433. The first kappa shape index (κ1) is 11.3. The number of nitrogens with one attached hydrogen (secondary N) is 1. The van der Waals surface area contributed by atoms with Gasteiger partial charge in [0.15, 0.2) is 5.65 Å². The lowest BCUT2D eigenvalue weighted by Crippen LogP contribution is -2.34. The number of nitrogens with two attached hydrogens (primary N) is 1. The summed E-state index contributed by atoms with van der Waals surface area (Å²) in [5, 5.41) is 16.1. The molecule has 7 nitrogen and oxygen atoms in total. The second-order valence-corrected chi connectivity index (χ2v) is 3.67. The van der Waals surface area contributed by atoms with Crippen LogP contribution < -0.4 is 11.1 Å². The summed E-state index contributed by atoms with van der Waals surface area (Å²) in [7, 11) is 0. The van der Waals surface area contributed by atoms with Crippen LogP contribution in [0.15, 0.2) is 18.2 Å². The molecule has 7 heteroatoms. The maximum Gasteiger partial charge on any atom is 0.248 e. The van der Waals surface area contributed by atoms with E-state index in [-0.39, 0.29) is 6.54 Å². The minimum absolute atomic E-state index is 0.00867. The van der Waals surface area contributed by atoms with Gasteiger partial charge in [0.25, 0.3) is 0 Å². The number of nitrogens with zero attached hydrogens (tertiary/aromatic N) is 3. The van der Waals surface area contributed by atoms with E-state index in [1.54, 1.807) is 4.52 Å². The van der Waals surface area contributed by atoms with Crippen LogP contribution in [0.4, 0.5) is 5.95 Å². The molecule has 0 radical (unpaired) electrons. The first-order valence-corrected chi connectivity index (χ1v) is 5.11. The van der Waals surface area contributed by atoms with E-state index in [1.807, 2.05) is 25.1 Å². The zero-order valence-electron chi connectivity index (χ0n) is 9.29. The predicted octanol–water partition coefficient (Wildman–Crippen LogP) is -0.704. The Hall–Kier alpha value is -2.15. The molecule has 0 aliphatic carbocycles. The molecular formula is C10H13N5O2. The van der Waals surface area contributed by atoms with Crippen molar-refractivity contribution in [3.05, 3.63) is 23.9 Å². The predicted molar refractivity (Wildman–Crippen MR) is 61.4 cm³/mol. The minimum Gasteiger partial charge on any atom is -0.381 e. The second-order valence-electron chi connectivity index (χ2n) is 3.67. The number of anilines is 1. The van der Waals surface area contributed by atoms with Gasteiger partial charge in [-0.05, 0) is 19.1 Å². The molecule has 90 valence electrons. The Balaban J connectivity index is 2.15. The third-order valence-electron chi connectivity index (χ3n) is 2.33. The smallest absolute Gasteiger partial charge is 0.248 e. The number of aromatic nitrogens is 3. The lowest BCUT2D eigenvalue weighted by Gasteiger charge is -2.05. The Bertz CT molecular complexity index is 551. The number of carbonyl (C=O) groups is 1. The summed E-state index contributed by atoms with van der Waals surface area (Å²) in [6, 6.07) is 5.60. The van der Waals surface area contributed by atoms with Crippen LogP contribution in [0, 0.1) is 6.92 Å². The number of aryl methyl sites for hydroxylation is 1. The highest BCUT2D eigenvalue weighted by molar-refractivity contribution is 5.79. The van der Waals surface area contributed by atoms with Gasteiger partial charge in [0.2, 0.25) is 11.9 Å². The van der Waals surface area contributed by atoms with E-state index in [9.17, 15) is 9.90 Å². The number of fused-ring (bicyclic) bond motifs is 1. The maximum atomic E-state index is 10.6. The van der Waals surface area contributed by atoms with E-state index >= 15 is 0 Å². The largest absolute Gasteiger partial charge is 0.381 e. The molecule has 0 fully saturated rings. The van der Waals surface area contributed by atoms with E-state index in [0.29, 0.717) is 11.6 Å². The van der Waals surface area contributed by atoms with Crippen molar-refractivity contribution >= 4 is 17.5 Å². The lowest BCUT2D eigenvalue weighted by atomic mass is 10.3. The van der Waals surface area contributed by atoms with Crippen molar-refractivity contribution in [1.82, 2.24) is 14.6 Å². The fourth-order valence-corrected chi connectivity index (χ4v) is 1.40. The molecule has 2 rings (SSSR count). The van der Waals surface area contributed by atoms with Gasteiger partial charge in [0.05, 0.1) is 6.54 Å². The summed E-state index contributed by atoms with van der Waals surface area (Å²) in [5.41, 5.74) is 6.56. The third kappa shape index (κ3) is 2.34. The van der Waals surface area contributed by atoms with Gasteiger partial charge in [-0.2, -0.15) is 4.98 Å². The molecular weight excluding hydrogens is 222 g/mol. The maximum absolute atomic E-state index is 10.6. The highest BCUT2D eigenvalue weighted by Gasteiger charge is 2.11. The molecule has 0 aliphatic rings. The van der Waals surface area contributed by atoms with E-state index in [2.05, 4.69) is 15.4 Å². The third-order valence-corrected chi connectivity index (χ3v) is 2.33. The van der Waals surface area contributed by atoms with Crippen molar-refractivity contribution in [3.8, 4) is 0 Å². The van der Waals surface area contributed by atoms with Gasteiger partial charge in [-0.3, -0.25) is 4.79 Å². The first-order chi connectivity index (χ1) is 8.08. The molecule has 0 saturated heterocycles. The van der Waals surface area contributed by atoms with Crippen LogP contribution in [0.25, 0.3) is 5.65 Å². The van der Waals surface area contributed by atoms with E-state index in [0.717, 1.165) is 5.69 Å². The van der Waals surface area contributed by atoms with Crippen LogP contribution in [0.5, 0.6) is 0 Å². The summed E-state index contributed by atoms with van der Waals surface area (Å²) in [6.07, 6.45) is -1.25. The number of rotatable bonds is 4. The summed E-state index contributed by atoms with van der Waals surface area (Å²) < 4.78 is 1.67. The Kier molecular flexibility index (Phi) is 2.92. The van der Waals surface area contributed by atoms with Crippen LogP contribution in [-0.4, -0.2) is 38.3 Å². The van der Waals surface area contributed by atoms with E-state index < -0.39 is 12.0 Å². The number of hydrogen-bond acceptors (Lipinski definition) is 5. The van der Waals surface area contributed by atoms with Crippen molar-refractivity contribution in [2.24, 2.45) is 5.73 Å². The fraction of sp³-hybridized carbons (Fsp3) is 0.300. The van der Waals surface area contributed by atoms with Crippen molar-refractivity contribution in [1.29, 1.82) is 0 Å². The van der Waals surface area contributed by atoms with Crippen LogP contribution in [0.2, 0.25) is 0 Å². The molecule has 1 atom stereocenters. The van der Waals surface area contributed by atoms with Gasteiger partial charge < -0.3 is 16.2 Å². The normalized spacial score (nSPS) is 12.6. The number of amides is 1. The Morgan fingerprint density at radius 2 is 2.41 bits per heavy atom. The van der Waals surface area contributed by atoms with Gasteiger partial charge in [-0.1, -0.05) is 6.07 Å². The minimum atomic E-state index is -1.25. The lowest BCUT2D eigenvalue weighted by molar-refractivity contribution is -0.125. The summed E-state index contributed by atoms with van der Waals surface area (Å²) in [4.78, 5) is 14.8. The number of aliphatic hydroxyl groups is 1. The molecule has 0 bridgehead atoms. The Morgan fingerprint density at radius 3 is 3.06 bits per heavy atom. The molecule has 0 aromatic carbocycles. The SMILES string of the molecule is Cc1cccc2nc(NCC(O)C(N)=O)nn12. The molecule has 2 aromatic rings. The van der Waals surface area contributed by atoms with E-state index in [4.69, 9.17) is 5.73 Å². The van der Waals surface area contributed by atoms with Crippen molar-refractivity contribution < 1.29 is 9.90 Å². The van der Waals surface area contributed by atoms with Gasteiger partial charge in [-0.25, -0.2) is 4.52 Å². The van der Waals surface area contributed by atoms with Gasteiger partial charge in [0, 0.05) is 5.69 Å². The molecule has 17 heavy (non-hydrogen) atoms. The summed E-state index contributed by atoms with van der Waals surface area (Å²) >= 11 is 0. The zero-order chi connectivity index (χ0) is 12.4. The number of carbonyl (C=O) groups excluding carboxylic acids is 1. The van der Waals surface area contributed by atoms with Crippen molar-refractivity contribution in [2.45, 2.75) is 13.0 Å². The van der Waals surface area contributed by atoms with Crippen LogP contribution in [-0.2, 0) is 4.79 Å². The zero-order valence-corrected chi connectivity index (χ0v) is 9.29. The van der Waals surface area contributed by atoms with Crippen LogP contribution in [0.1, 0.15) is 5.69 Å². The Labute approximate surface area is 97.3 Å². The molecule has 4 N–H and O–H groups in total. The quantitative estimate of drug-likeness (QED) is 0.649. The highest BCUT2D eigenvalue weighted by Crippen LogP contribution is 2.07. The fourth-order valence-electron chi connectivity index (χ4n) is 1.40. The average molecular weight is 235 g/mol. The standard InChI is InChI=1S/C10H13N5O2/c1-6-3-2-4-8-13-10(14-15(6)8)12-5-7(16)9(11)17/h2-4,7,16H,5H2,1H3,(H2,11,17)(H,12,14). The highest BCUT2D eigenvalue weighted by atomic mass is 16.3. The molecule has 0 spiro atoms. The van der Waals surface area contributed by atoms with Crippen molar-refractivity contribution in [2.75, 3.05) is 11.9 Å². The number of aliphatic hydroxyl groups excluding tert-OH is 1. The first-order valence-electron chi connectivity index (χ1n) is 5.11. The van der Waals surface area contributed by atoms with E-state index in [1.165, 1.54) is 0 Å². The van der Waals surface area contributed by atoms with Gasteiger partial charge in [-0.15, -0.1) is 5.10 Å². The summed E-state index contributed by atoms with van der Waals surface area (Å²) in [6.45, 7) is 1.90. The van der Waals surface area contributed by atoms with Gasteiger partial charge >= 0.3 is 0 Å². The molecule has 1 amide bonds. The van der Waals surface area contributed by atoms with Crippen molar-refractivity contribution in [3.63, 3.8) is 0 Å². The average Bonchev–Trinajstić information content (AvgIpc) is 2.70. The molecule has 0 aliphatic heterocycles. The van der Waals surface area contributed by atoms with Crippen LogP contribution in [0.3, 0.4) is 0 Å². The molecule has 2 aromatic heterocycles. The molecule has 1 unspecified atom stereocenters. The Morgan fingerprint density at radius 1 is 1.65 bits per heavy atom. The van der Waals surface area contributed by atoms with Crippen LogP contribution >= 0.6 is 0 Å². The number of hydrogen-bond donors (Lipinski definition) is 3. The topological polar surface area (TPSA) is 106 Å². The van der Waals surface area contributed by atoms with Gasteiger partial charge in [0.1, 0.15) is 6.10 Å². The molecule has 2 heterocycles.